The minimum atomic E-state index is -0.883. The van der Waals surface area contributed by atoms with Gasteiger partial charge in [0.2, 0.25) is 5.91 Å². The Morgan fingerprint density at radius 3 is 2.56 bits per heavy atom. The number of hydrogen-bond donors (Lipinski definition) is 2. The fourth-order valence-electron chi connectivity index (χ4n) is 3.75. The Balaban J connectivity index is 1.51. The van der Waals surface area contributed by atoms with Crippen molar-refractivity contribution in [1.82, 2.24) is 4.98 Å². The highest BCUT2D eigenvalue weighted by atomic mass is 32.1. The highest BCUT2D eigenvalue weighted by Crippen LogP contribution is 2.32. The van der Waals surface area contributed by atoms with E-state index in [1.54, 1.807) is 0 Å². The average Bonchev–Trinajstić information content (AvgIpc) is 3.16. The Bertz CT molecular complexity index is 998. The van der Waals surface area contributed by atoms with Crippen LogP contribution in [0.1, 0.15) is 25.7 Å². The summed E-state index contributed by atoms with van der Waals surface area (Å²) in [5, 5.41) is 16.9. The Kier molecular flexibility index (Phi) is 4.90. The number of thiazole rings is 1. The fraction of sp³-hybridized carbons (Fsp3) is 0.286. The van der Waals surface area contributed by atoms with E-state index in [2.05, 4.69) is 34.6 Å². The van der Waals surface area contributed by atoms with E-state index < -0.39 is 17.8 Å². The normalized spacial score (nSPS) is 19.7. The average molecular weight is 380 g/mol. The number of rotatable bonds is 4. The summed E-state index contributed by atoms with van der Waals surface area (Å²) in [6.45, 7) is 0. The molecule has 138 valence electrons. The van der Waals surface area contributed by atoms with Crippen molar-refractivity contribution in [3.05, 3.63) is 47.8 Å². The summed E-state index contributed by atoms with van der Waals surface area (Å²) < 4.78 is 0. The second kappa shape index (κ2) is 7.48. The second-order valence-electron chi connectivity index (χ2n) is 6.92. The molecule has 3 aromatic rings. The lowest BCUT2D eigenvalue weighted by atomic mass is 9.79. The van der Waals surface area contributed by atoms with E-state index in [1.165, 1.54) is 16.7 Å². The van der Waals surface area contributed by atoms with Gasteiger partial charge in [0, 0.05) is 10.9 Å². The van der Waals surface area contributed by atoms with Crippen LogP contribution in [-0.2, 0) is 9.59 Å². The van der Waals surface area contributed by atoms with Gasteiger partial charge in [0.25, 0.3) is 0 Å². The van der Waals surface area contributed by atoms with Crippen molar-refractivity contribution in [2.24, 2.45) is 11.8 Å². The van der Waals surface area contributed by atoms with Gasteiger partial charge in [-0.2, -0.15) is 0 Å². The van der Waals surface area contributed by atoms with Crippen LogP contribution in [0.2, 0.25) is 0 Å². The molecule has 0 spiro atoms. The molecule has 1 fully saturated rings. The summed E-state index contributed by atoms with van der Waals surface area (Å²) in [6.07, 6.45) is 2.94. The molecule has 27 heavy (non-hydrogen) atoms. The number of aliphatic carboxylic acids is 1. The summed E-state index contributed by atoms with van der Waals surface area (Å²) in [5.41, 5.74) is 1.80. The first kappa shape index (κ1) is 17.7. The number of amides is 1. The van der Waals surface area contributed by atoms with Gasteiger partial charge in [-0.05, 0) is 29.7 Å². The van der Waals surface area contributed by atoms with E-state index in [4.69, 9.17) is 0 Å². The number of anilines is 1. The van der Waals surface area contributed by atoms with Crippen LogP contribution in [0.3, 0.4) is 0 Å². The first-order chi connectivity index (χ1) is 13.1. The van der Waals surface area contributed by atoms with Crippen molar-refractivity contribution in [1.29, 1.82) is 0 Å². The number of benzene rings is 2. The molecule has 1 amide bonds. The summed E-state index contributed by atoms with van der Waals surface area (Å²) >= 11 is 1.36. The van der Waals surface area contributed by atoms with Crippen LogP contribution >= 0.6 is 11.3 Å². The smallest absolute Gasteiger partial charge is 0.307 e. The minimum Gasteiger partial charge on any atom is -0.481 e. The number of carbonyl (C=O) groups excluding carboxylic acids is 1. The molecule has 2 N–H and O–H groups in total. The fourth-order valence-corrected chi connectivity index (χ4v) is 4.47. The Morgan fingerprint density at radius 1 is 1.04 bits per heavy atom. The molecule has 1 aromatic heterocycles. The number of nitrogens with one attached hydrogen (secondary N) is 1. The molecular weight excluding hydrogens is 360 g/mol. The van der Waals surface area contributed by atoms with Crippen molar-refractivity contribution < 1.29 is 14.7 Å². The zero-order valence-electron chi connectivity index (χ0n) is 14.7. The zero-order chi connectivity index (χ0) is 18.8. The molecular formula is C21H20N2O3S. The van der Waals surface area contributed by atoms with Crippen LogP contribution in [0.4, 0.5) is 5.13 Å². The lowest BCUT2D eigenvalue weighted by Crippen LogP contribution is -2.36. The molecule has 0 aliphatic heterocycles. The van der Waals surface area contributed by atoms with Gasteiger partial charge in [0.15, 0.2) is 5.13 Å². The number of aromatic nitrogens is 1. The van der Waals surface area contributed by atoms with Gasteiger partial charge in [-0.25, -0.2) is 4.98 Å². The summed E-state index contributed by atoms with van der Waals surface area (Å²) in [7, 11) is 0. The van der Waals surface area contributed by atoms with Crippen molar-refractivity contribution in [3.8, 4) is 11.3 Å². The summed E-state index contributed by atoms with van der Waals surface area (Å²) in [6, 6.07) is 14.3. The van der Waals surface area contributed by atoms with E-state index in [0.717, 1.165) is 29.5 Å². The first-order valence-corrected chi connectivity index (χ1v) is 9.98. The molecule has 1 aliphatic rings. The maximum absolute atomic E-state index is 12.6. The van der Waals surface area contributed by atoms with Crippen molar-refractivity contribution in [2.75, 3.05) is 5.32 Å². The Labute approximate surface area is 161 Å². The van der Waals surface area contributed by atoms with Gasteiger partial charge in [-0.15, -0.1) is 11.3 Å². The van der Waals surface area contributed by atoms with E-state index >= 15 is 0 Å². The van der Waals surface area contributed by atoms with Gasteiger partial charge in [0.05, 0.1) is 17.5 Å². The summed E-state index contributed by atoms with van der Waals surface area (Å²) in [4.78, 5) is 28.6. The number of hydrogen-bond acceptors (Lipinski definition) is 4. The maximum Gasteiger partial charge on any atom is 0.307 e. The number of nitrogens with zero attached hydrogens (tertiary/aromatic N) is 1. The molecule has 2 aromatic carbocycles. The highest BCUT2D eigenvalue weighted by molar-refractivity contribution is 7.14. The SMILES string of the molecule is O=C(O)[C@@H]1CCCC[C@H]1C(=O)Nc1nc(-c2ccc3ccccc3c2)cs1. The van der Waals surface area contributed by atoms with Crippen LogP contribution in [0.25, 0.3) is 22.0 Å². The molecule has 2 atom stereocenters. The van der Waals surface area contributed by atoms with E-state index in [-0.39, 0.29) is 5.91 Å². The predicted octanol–water partition coefficient (Wildman–Crippen LogP) is 4.79. The van der Waals surface area contributed by atoms with Crippen LogP contribution in [0.15, 0.2) is 47.8 Å². The number of fused-ring (bicyclic) bond motifs is 1. The van der Waals surface area contributed by atoms with Gasteiger partial charge in [0.1, 0.15) is 0 Å². The quantitative estimate of drug-likeness (QED) is 0.682. The van der Waals surface area contributed by atoms with E-state index in [9.17, 15) is 14.7 Å². The lowest BCUT2D eigenvalue weighted by Gasteiger charge is -2.26. The Hall–Kier alpha value is -2.73. The van der Waals surface area contributed by atoms with Crippen LogP contribution in [0.5, 0.6) is 0 Å². The van der Waals surface area contributed by atoms with Crippen molar-refractivity contribution in [2.45, 2.75) is 25.7 Å². The van der Waals surface area contributed by atoms with Gasteiger partial charge >= 0.3 is 5.97 Å². The molecule has 0 radical (unpaired) electrons. The van der Waals surface area contributed by atoms with Crippen LogP contribution < -0.4 is 5.32 Å². The van der Waals surface area contributed by atoms with E-state index in [1.807, 2.05) is 23.6 Å². The van der Waals surface area contributed by atoms with Crippen molar-refractivity contribution in [3.63, 3.8) is 0 Å². The van der Waals surface area contributed by atoms with Gasteiger partial charge in [-0.1, -0.05) is 49.2 Å². The molecule has 5 nitrogen and oxygen atoms in total. The highest BCUT2D eigenvalue weighted by Gasteiger charge is 2.35. The van der Waals surface area contributed by atoms with Crippen molar-refractivity contribution >= 4 is 39.1 Å². The lowest BCUT2D eigenvalue weighted by molar-refractivity contribution is -0.147. The molecule has 1 saturated carbocycles. The Morgan fingerprint density at radius 2 is 1.78 bits per heavy atom. The third kappa shape index (κ3) is 3.71. The summed E-state index contributed by atoms with van der Waals surface area (Å²) in [5.74, 6) is -2.20. The van der Waals surface area contributed by atoms with E-state index in [0.29, 0.717) is 18.0 Å². The molecule has 6 heteroatoms. The largest absolute Gasteiger partial charge is 0.481 e. The monoisotopic (exact) mass is 380 g/mol. The third-order valence-electron chi connectivity index (χ3n) is 5.20. The molecule has 4 rings (SSSR count). The van der Waals surface area contributed by atoms with Gasteiger partial charge in [-0.3, -0.25) is 9.59 Å². The molecule has 0 bridgehead atoms. The van der Waals surface area contributed by atoms with Gasteiger partial charge < -0.3 is 10.4 Å². The molecule has 0 unspecified atom stereocenters. The minimum absolute atomic E-state index is 0.235. The second-order valence-corrected chi connectivity index (χ2v) is 7.78. The number of carboxylic acid groups (broad SMARTS) is 1. The molecule has 1 aliphatic carbocycles. The molecule has 1 heterocycles. The number of carbonyl (C=O) groups is 2. The third-order valence-corrected chi connectivity index (χ3v) is 5.96. The van der Waals surface area contributed by atoms with Crippen LogP contribution in [0, 0.1) is 11.8 Å². The standard InChI is InChI=1S/C21H20N2O3S/c24-19(16-7-3-4-8-17(16)20(25)26)23-21-22-18(12-27-21)15-10-9-13-5-1-2-6-14(13)11-15/h1-2,5-6,9-12,16-17H,3-4,7-8H2,(H,25,26)(H,22,23,24)/t16-,17-/m1/s1. The maximum atomic E-state index is 12.6. The number of carboxylic acids is 1. The first-order valence-electron chi connectivity index (χ1n) is 9.10. The molecule has 0 saturated heterocycles. The van der Waals surface area contributed by atoms with Crippen LogP contribution in [-0.4, -0.2) is 22.0 Å². The zero-order valence-corrected chi connectivity index (χ0v) is 15.5. The topological polar surface area (TPSA) is 79.3 Å². The predicted molar refractivity (Wildman–Crippen MR) is 107 cm³/mol.